The van der Waals surface area contributed by atoms with Crippen molar-refractivity contribution in [2.75, 3.05) is 29.5 Å². The van der Waals surface area contributed by atoms with E-state index in [1.165, 1.54) is 18.3 Å². The van der Waals surface area contributed by atoms with Gasteiger partial charge in [-0.1, -0.05) is 18.2 Å². The predicted molar refractivity (Wildman–Crippen MR) is 120 cm³/mol. The van der Waals surface area contributed by atoms with Crippen molar-refractivity contribution in [2.24, 2.45) is 0 Å². The van der Waals surface area contributed by atoms with Crippen LogP contribution in [-0.2, 0) is 6.54 Å². The molecular weight excluding hydrogens is 419 g/mol. The molecule has 7 nitrogen and oxygen atoms in total. The number of hydrogen-bond acceptors (Lipinski definition) is 6. The average molecular weight is 443 g/mol. The van der Waals surface area contributed by atoms with Crippen molar-refractivity contribution in [3.63, 3.8) is 0 Å². The minimum Gasteiger partial charge on any atom is -0.353 e. The van der Waals surface area contributed by atoms with E-state index < -0.39 is 10.6 Å². The molecule has 1 saturated heterocycles. The van der Waals surface area contributed by atoms with Crippen molar-refractivity contribution < 1.29 is 18.3 Å². The molecule has 3 N–H and O–H groups in total. The smallest absolute Gasteiger partial charge is 0.253 e. The molecule has 162 valence electrons. The molecule has 0 unspecified atom stereocenters. The van der Waals surface area contributed by atoms with Gasteiger partial charge in [-0.3, -0.25) is 18.9 Å². The second-order valence-corrected chi connectivity index (χ2v) is 9.77. The van der Waals surface area contributed by atoms with E-state index >= 15 is 0 Å². The first kappa shape index (κ1) is 21.2. The lowest BCUT2D eigenvalue weighted by molar-refractivity contribution is 0.0950. The Morgan fingerprint density at radius 2 is 1.87 bits per heavy atom. The molecule has 1 amide bonds. The maximum Gasteiger partial charge on any atom is 0.253 e. The van der Waals surface area contributed by atoms with Gasteiger partial charge in [0.15, 0.2) is 0 Å². The van der Waals surface area contributed by atoms with Crippen molar-refractivity contribution in [1.82, 2.24) is 15.3 Å². The van der Waals surface area contributed by atoms with Gasteiger partial charge in [0.1, 0.15) is 11.6 Å². The minimum atomic E-state index is -2.44. The van der Waals surface area contributed by atoms with Gasteiger partial charge in [0, 0.05) is 37.6 Å². The zero-order valence-corrected chi connectivity index (χ0v) is 17.6. The number of pyridine rings is 2. The summed E-state index contributed by atoms with van der Waals surface area (Å²) in [6.07, 6.45) is 3.17. The van der Waals surface area contributed by atoms with Gasteiger partial charge in [0.05, 0.1) is 22.8 Å². The second kappa shape index (κ2) is 9.01. The van der Waals surface area contributed by atoms with Crippen LogP contribution in [0.25, 0.3) is 11.3 Å². The van der Waals surface area contributed by atoms with Gasteiger partial charge in [0.25, 0.3) is 5.91 Å². The zero-order chi connectivity index (χ0) is 21.8. The van der Waals surface area contributed by atoms with Gasteiger partial charge >= 0.3 is 0 Å². The van der Waals surface area contributed by atoms with E-state index in [9.17, 15) is 18.3 Å². The maximum atomic E-state index is 13.4. The highest BCUT2D eigenvalue weighted by Gasteiger charge is 2.22. The van der Waals surface area contributed by atoms with Crippen LogP contribution in [0.1, 0.15) is 15.9 Å². The Balaban J connectivity index is 1.32. The lowest BCUT2D eigenvalue weighted by atomic mass is 10.1. The Kier molecular flexibility index (Phi) is 6.17. The third-order valence-electron chi connectivity index (χ3n) is 5.11. The van der Waals surface area contributed by atoms with Crippen LogP contribution in [0.2, 0.25) is 0 Å². The molecule has 0 saturated carbocycles. The molecule has 1 aliphatic heterocycles. The summed E-state index contributed by atoms with van der Waals surface area (Å²) in [5.74, 6) is 0.902. The molecule has 31 heavy (non-hydrogen) atoms. The normalized spacial score (nSPS) is 16.5. The van der Waals surface area contributed by atoms with E-state index in [-0.39, 0.29) is 11.7 Å². The van der Waals surface area contributed by atoms with Crippen LogP contribution in [0.5, 0.6) is 0 Å². The second-order valence-electron chi connectivity index (χ2n) is 7.35. The van der Waals surface area contributed by atoms with Crippen LogP contribution >= 0.6 is 10.6 Å². The maximum absolute atomic E-state index is 13.4. The first-order chi connectivity index (χ1) is 14.9. The molecule has 0 bridgehead atoms. The fourth-order valence-electron chi connectivity index (χ4n) is 3.30. The molecule has 4 rings (SSSR count). The standard InChI is InChI=1S/C22H23FN4O3S/c23-19-3-1-2-17(12-19)20-6-5-18(15-24-20)22(28)26-14-16-4-7-21(25-13-16)27-8-10-31(29,30)11-9-27/h1-7,12-13,15,29-30H,8-11,14H2,(H,26,28). The number of nitrogens with zero attached hydrogens (tertiary/aromatic N) is 3. The highest BCUT2D eigenvalue weighted by Crippen LogP contribution is 2.40. The number of nitrogens with one attached hydrogen (secondary N) is 1. The Morgan fingerprint density at radius 3 is 2.52 bits per heavy atom. The molecule has 3 aromatic rings. The lowest BCUT2D eigenvalue weighted by Crippen LogP contribution is -2.38. The number of aromatic nitrogens is 2. The number of halogens is 1. The number of amides is 1. The molecule has 1 fully saturated rings. The Hall–Kier alpha value is -3.01. The van der Waals surface area contributed by atoms with Crippen LogP contribution in [-0.4, -0.2) is 49.6 Å². The van der Waals surface area contributed by atoms with Gasteiger partial charge in [-0.2, -0.15) is 10.6 Å². The van der Waals surface area contributed by atoms with Crippen molar-refractivity contribution >= 4 is 22.3 Å². The molecule has 3 heterocycles. The molecule has 1 aliphatic rings. The van der Waals surface area contributed by atoms with E-state index in [1.54, 1.807) is 30.5 Å². The summed E-state index contributed by atoms with van der Waals surface area (Å²) in [7, 11) is -2.44. The molecule has 1 aromatic carbocycles. The van der Waals surface area contributed by atoms with Gasteiger partial charge in [0.2, 0.25) is 0 Å². The number of carbonyl (C=O) groups is 1. The Morgan fingerprint density at radius 1 is 1.06 bits per heavy atom. The van der Waals surface area contributed by atoms with Crippen LogP contribution in [0.15, 0.2) is 60.9 Å². The largest absolute Gasteiger partial charge is 0.353 e. The van der Waals surface area contributed by atoms with Crippen LogP contribution in [0, 0.1) is 5.82 Å². The summed E-state index contributed by atoms with van der Waals surface area (Å²) in [5, 5.41) is 2.84. The van der Waals surface area contributed by atoms with Crippen LogP contribution < -0.4 is 10.2 Å². The van der Waals surface area contributed by atoms with Gasteiger partial charge < -0.3 is 10.2 Å². The molecule has 2 aromatic heterocycles. The molecule has 0 radical (unpaired) electrons. The summed E-state index contributed by atoms with van der Waals surface area (Å²) in [6, 6.07) is 13.2. The summed E-state index contributed by atoms with van der Waals surface area (Å²) in [4.78, 5) is 23.1. The van der Waals surface area contributed by atoms with Crippen molar-refractivity contribution in [2.45, 2.75) is 6.54 Å². The molecule has 0 atom stereocenters. The fraction of sp³-hybridized carbons (Fsp3) is 0.227. The molecule has 9 heteroatoms. The van der Waals surface area contributed by atoms with E-state index in [0.717, 1.165) is 11.4 Å². The highest BCUT2D eigenvalue weighted by atomic mass is 32.3. The minimum absolute atomic E-state index is 0.261. The van der Waals surface area contributed by atoms with E-state index in [0.29, 0.717) is 48.0 Å². The first-order valence-electron chi connectivity index (χ1n) is 9.83. The van der Waals surface area contributed by atoms with Crippen molar-refractivity contribution in [1.29, 1.82) is 0 Å². The summed E-state index contributed by atoms with van der Waals surface area (Å²) < 4.78 is 32.8. The number of hydrogen-bond donors (Lipinski definition) is 3. The predicted octanol–water partition coefficient (Wildman–Crippen LogP) is 3.78. The van der Waals surface area contributed by atoms with Crippen LogP contribution in [0.3, 0.4) is 0 Å². The molecule has 0 aliphatic carbocycles. The van der Waals surface area contributed by atoms with Gasteiger partial charge in [-0.05, 0) is 35.9 Å². The molecular formula is C22H23FN4O3S. The number of carbonyl (C=O) groups excluding carboxylic acids is 1. The Bertz CT molecular complexity index is 1050. The first-order valence-corrected chi connectivity index (χ1v) is 11.7. The molecule has 0 spiro atoms. The average Bonchev–Trinajstić information content (AvgIpc) is 2.78. The van der Waals surface area contributed by atoms with E-state index in [4.69, 9.17) is 0 Å². The van der Waals surface area contributed by atoms with Gasteiger partial charge in [-0.25, -0.2) is 9.37 Å². The van der Waals surface area contributed by atoms with Crippen molar-refractivity contribution in [3.05, 3.63) is 77.9 Å². The van der Waals surface area contributed by atoms with E-state index in [2.05, 4.69) is 15.3 Å². The zero-order valence-electron chi connectivity index (χ0n) is 16.7. The SMILES string of the molecule is O=C(NCc1ccc(N2CCS(O)(O)CC2)nc1)c1ccc(-c2cccc(F)c2)nc1. The quantitative estimate of drug-likeness (QED) is 0.556. The summed E-state index contributed by atoms with van der Waals surface area (Å²) >= 11 is 0. The van der Waals surface area contributed by atoms with Crippen LogP contribution in [0.4, 0.5) is 10.2 Å². The third-order valence-corrected chi connectivity index (χ3v) is 6.78. The van der Waals surface area contributed by atoms with Gasteiger partial charge in [-0.15, -0.1) is 0 Å². The Labute approximate surface area is 181 Å². The summed E-state index contributed by atoms with van der Waals surface area (Å²) in [5.41, 5.74) is 2.51. The number of benzene rings is 1. The number of rotatable bonds is 5. The highest BCUT2D eigenvalue weighted by molar-refractivity contribution is 8.24. The van der Waals surface area contributed by atoms with Crippen molar-refractivity contribution in [3.8, 4) is 11.3 Å². The summed E-state index contributed by atoms with van der Waals surface area (Å²) in [6.45, 7) is 1.44. The lowest BCUT2D eigenvalue weighted by Gasteiger charge is -2.41. The fourth-order valence-corrected chi connectivity index (χ4v) is 4.52. The topological polar surface area (TPSA) is 98.6 Å². The van der Waals surface area contributed by atoms with E-state index in [1.807, 2.05) is 17.0 Å². The number of anilines is 1. The third kappa shape index (κ3) is 5.38. The monoisotopic (exact) mass is 442 g/mol.